The van der Waals surface area contributed by atoms with Crippen molar-refractivity contribution in [3.05, 3.63) is 64.2 Å². The van der Waals surface area contributed by atoms with E-state index in [0.29, 0.717) is 11.3 Å². The number of halogens is 4. The van der Waals surface area contributed by atoms with Crippen molar-refractivity contribution < 1.29 is 27.5 Å². The molecule has 32 heavy (non-hydrogen) atoms. The number of thiocarbonyl (C=S) groups is 1. The van der Waals surface area contributed by atoms with Crippen LogP contribution in [-0.2, 0) is 15.8 Å². The summed E-state index contributed by atoms with van der Waals surface area (Å²) in [5.41, 5.74) is -0.933. The molecule has 2 aromatic rings. The van der Waals surface area contributed by atoms with Gasteiger partial charge in [-0.1, -0.05) is 30.7 Å². The number of amides is 2. The van der Waals surface area contributed by atoms with E-state index < -0.39 is 23.6 Å². The highest BCUT2D eigenvalue weighted by Crippen LogP contribution is 2.33. The summed E-state index contributed by atoms with van der Waals surface area (Å²) in [5.74, 6) is -1.16. The first-order valence-corrected chi connectivity index (χ1v) is 10.3. The van der Waals surface area contributed by atoms with Crippen LogP contribution in [0.5, 0.6) is 5.75 Å². The minimum Gasteiger partial charge on any atom is -0.489 e. The van der Waals surface area contributed by atoms with Crippen LogP contribution in [0.4, 0.5) is 18.9 Å². The molecule has 1 aliphatic rings. The molecule has 168 valence electrons. The molecule has 3 rings (SSSR count). The summed E-state index contributed by atoms with van der Waals surface area (Å²) in [5, 5.41) is 2.31. The minimum atomic E-state index is -4.60. The van der Waals surface area contributed by atoms with E-state index in [2.05, 4.69) is 5.32 Å². The average Bonchev–Trinajstić information content (AvgIpc) is 2.72. The molecule has 1 atom stereocenters. The summed E-state index contributed by atoms with van der Waals surface area (Å²) in [6, 6.07) is 8.86. The van der Waals surface area contributed by atoms with Crippen LogP contribution >= 0.6 is 23.8 Å². The van der Waals surface area contributed by atoms with Gasteiger partial charge < -0.3 is 4.74 Å². The molecule has 0 unspecified atom stereocenters. The summed E-state index contributed by atoms with van der Waals surface area (Å²) in [4.78, 5) is 26.3. The monoisotopic (exact) mass is 482 g/mol. The van der Waals surface area contributed by atoms with Crippen LogP contribution in [0, 0.1) is 0 Å². The normalized spacial score (nSPS) is 16.9. The highest BCUT2D eigenvalue weighted by Gasteiger charge is 2.36. The Morgan fingerprint density at radius 1 is 1.22 bits per heavy atom. The number of nitrogens with zero attached hydrogens (tertiary/aromatic N) is 1. The molecule has 1 aliphatic heterocycles. The number of benzene rings is 2. The molecule has 0 bridgehead atoms. The summed E-state index contributed by atoms with van der Waals surface area (Å²) in [6.45, 7) is 3.85. The number of carbonyl (C=O) groups excluding carboxylic acids is 2. The first-order valence-electron chi connectivity index (χ1n) is 9.56. The maximum Gasteiger partial charge on any atom is 0.416 e. The smallest absolute Gasteiger partial charge is 0.416 e. The SMILES string of the molecule is CC[C@H](C)Oc1ccc(/C=C2\C(=O)NC(=S)N(c3cccc(C(F)(F)F)c3)C2=O)cc1Cl. The van der Waals surface area contributed by atoms with E-state index in [1.807, 2.05) is 13.8 Å². The van der Waals surface area contributed by atoms with Crippen LogP contribution in [-0.4, -0.2) is 23.0 Å². The second-order valence-electron chi connectivity index (χ2n) is 7.03. The lowest BCUT2D eigenvalue weighted by atomic mass is 10.1. The number of anilines is 1. The molecule has 0 saturated carbocycles. The zero-order valence-electron chi connectivity index (χ0n) is 17.0. The molecule has 0 aromatic heterocycles. The maximum absolute atomic E-state index is 13.1. The lowest BCUT2D eigenvalue weighted by Crippen LogP contribution is -2.54. The van der Waals surface area contributed by atoms with E-state index >= 15 is 0 Å². The van der Waals surface area contributed by atoms with Gasteiger partial charge in [0, 0.05) is 0 Å². The van der Waals surface area contributed by atoms with Gasteiger partial charge >= 0.3 is 6.18 Å². The van der Waals surface area contributed by atoms with Crippen molar-refractivity contribution in [2.24, 2.45) is 0 Å². The van der Waals surface area contributed by atoms with Crippen molar-refractivity contribution >= 4 is 52.5 Å². The highest BCUT2D eigenvalue weighted by atomic mass is 35.5. The van der Waals surface area contributed by atoms with Crippen LogP contribution in [0.3, 0.4) is 0 Å². The highest BCUT2D eigenvalue weighted by molar-refractivity contribution is 7.80. The van der Waals surface area contributed by atoms with E-state index in [4.69, 9.17) is 28.6 Å². The second kappa shape index (κ2) is 9.30. The second-order valence-corrected chi connectivity index (χ2v) is 7.83. The predicted octanol–water partition coefficient (Wildman–Crippen LogP) is 5.37. The molecular formula is C22H18ClF3N2O3S. The molecule has 2 amide bonds. The summed E-state index contributed by atoms with van der Waals surface area (Å²) < 4.78 is 45.0. The van der Waals surface area contributed by atoms with E-state index in [1.54, 1.807) is 12.1 Å². The van der Waals surface area contributed by atoms with Gasteiger partial charge in [0.25, 0.3) is 11.8 Å². The third-order valence-electron chi connectivity index (χ3n) is 4.70. The molecule has 1 N–H and O–H groups in total. The number of ether oxygens (including phenoxy) is 1. The van der Waals surface area contributed by atoms with Gasteiger partial charge in [-0.05, 0) is 67.5 Å². The standard InChI is InChI=1S/C22H18ClF3N2O3S/c1-3-12(2)31-18-8-7-13(10-17(18)23)9-16-19(29)27-21(32)28(20(16)30)15-6-4-5-14(11-15)22(24,25)26/h4-12H,3H2,1-2H3,(H,27,29,32)/b16-9+/t12-/m0/s1. The first-order chi connectivity index (χ1) is 15.0. The first kappa shape index (κ1) is 23.7. The molecule has 10 heteroatoms. The van der Waals surface area contributed by atoms with Crippen molar-refractivity contribution in [3.8, 4) is 5.75 Å². The Kier molecular flexibility index (Phi) is 6.90. The van der Waals surface area contributed by atoms with E-state index in [9.17, 15) is 22.8 Å². The van der Waals surface area contributed by atoms with Crippen molar-refractivity contribution in [1.82, 2.24) is 5.32 Å². The van der Waals surface area contributed by atoms with Crippen LogP contribution in [0.25, 0.3) is 6.08 Å². The topological polar surface area (TPSA) is 58.6 Å². The lowest BCUT2D eigenvalue weighted by molar-refractivity contribution is -0.137. The van der Waals surface area contributed by atoms with Gasteiger partial charge in [0.1, 0.15) is 11.3 Å². The Morgan fingerprint density at radius 2 is 1.94 bits per heavy atom. The Balaban J connectivity index is 1.95. The van der Waals surface area contributed by atoms with Crippen LogP contribution in [0.15, 0.2) is 48.0 Å². The Bertz CT molecular complexity index is 1120. The largest absolute Gasteiger partial charge is 0.489 e. The van der Waals surface area contributed by atoms with Crippen molar-refractivity contribution in [3.63, 3.8) is 0 Å². The molecule has 0 radical (unpaired) electrons. The van der Waals surface area contributed by atoms with Gasteiger partial charge in [-0.15, -0.1) is 0 Å². The van der Waals surface area contributed by atoms with Crippen LogP contribution < -0.4 is 15.0 Å². The number of alkyl halides is 3. The van der Waals surface area contributed by atoms with Crippen molar-refractivity contribution in [1.29, 1.82) is 0 Å². The number of hydrogen-bond donors (Lipinski definition) is 1. The number of carbonyl (C=O) groups is 2. The summed E-state index contributed by atoms with van der Waals surface area (Å²) in [7, 11) is 0. The minimum absolute atomic E-state index is 0.0514. The maximum atomic E-state index is 13.1. The van der Waals surface area contributed by atoms with E-state index in [0.717, 1.165) is 29.5 Å². The number of rotatable bonds is 5. The zero-order chi connectivity index (χ0) is 23.6. The van der Waals surface area contributed by atoms with Gasteiger partial charge in [-0.2, -0.15) is 13.2 Å². The molecule has 0 spiro atoms. The van der Waals surface area contributed by atoms with Crippen molar-refractivity contribution in [2.45, 2.75) is 32.5 Å². The molecule has 1 fully saturated rings. The van der Waals surface area contributed by atoms with Gasteiger partial charge in [0.2, 0.25) is 0 Å². The van der Waals surface area contributed by atoms with Crippen molar-refractivity contribution in [2.75, 3.05) is 4.90 Å². The Hall–Kier alpha value is -2.91. The quantitative estimate of drug-likeness (QED) is 0.354. The number of hydrogen-bond acceptors (Lipinski definition) is 4. The average molecular weight is 483 g/mol. The Labute approximate surface area is 192 Å². The third-order valence-corrected chi connectivity index (χ3v) is 5.28. The van der Waals surface area contributed by atoms with Gasteiger partial charge in [-0.3, -0.25) is 19.8 Å². The molecule has 1 saturated heterocycles. The molecule has 5 nitrogen and oxygen atoms in total. The predicted molar refractivity (Wildman–Crippen MR) is 119 cm³/mol. The summed E-state index contributed by atoms with van der Waals surface area (Å²) in [6.07, 6.45) is -2.58. The van der Waals surface area contributed by atoms with Gasteiger partial charge in [-0.25, -0.2) is 0 Å². The van der Waals surface area contributed by atoms with Crippen LogP contribution in [0.2, 0.25) is 5.02 Å². The third kappa shape index (κ3) is 5.11. The molecular weight excluding hydrogens is 465 g/mol. The van der Waals surface area contributed by atoms with E-state index in [1.165, 1.54) is 18.2 Å². The van der Waals surface area contributed by atoms with E-state index in [-0.39, 0.29) is 27.5 Å². The Morgan fingerprint density at radius 3 is 2.56 bits per heavy atom. The van der Waals surface area contributed by atoms with Crippen LogP contribution in [0.1, 0.15) is 31.4 Å². The fourth-order valence-electron chi connectivity index (χ4n) is 2.88. The summed E-state index contributed by atoms with van der Waals surface area (Å²) >= 11 is 11.3. The van der Waals surface area contributed by atoms with Gasteiger partial charge in [0.05, 0.1) is 22.4 Å². The molecule has 0 aliphatic carbocycles. The molecule has 2 aromatic carbocycles. The van der Waals surface area contributed by atoms with Gasteiger partial charge in [0.15, 0.2) is 5.11 Å². The lowest BCUT2D eigenvalue weighted by Gasteiger charge is -2.29. The zero-order valence-corrected chi connectivity index (χ0v) is 18.6. The number of nitrogens with one attached hydrogen (secondary N) is 1. The fraction of sp³-hybridized carbons (Fsp3) is 0.227. The fourth-order valence-corrected chi connectivity index (χ4v) is 3.40. The molecule has 1 heterocycles.